The highest BCUT2D eigenvalue weighted by atomic mass is 32.2. The van der Waals surface area contributed by atoms with Crippen LogP contribution in [0.25, 0.3) is 11.4 Å². The lowest BCUT2D eigenvalue weighted by Gasteiger charge is -2.33. The average Bonchev–Trinajstić information content (AvgIpc) is 3.25. The number of hydrogen-bond donors (Lipinski definition) is 1. The van der Waals surface area contributed by atoms with Gasteiger partial charge in [-0.1, -0.05) is 54.6 Å². The highest BCUT2D eigenvalue weighted by Gasteiger charge is 2.21. The van der Waals surface area contributed by atoms with Gasteiger partial charge in [-0.25, -0.2) is 4.68 Å². The number of halogens is 1. The number of likely N-dealkylation sites (tertiary alicyclic amines) is 1. The molecule has 1 fully saturated rings. The van der Waals surface area contributed by atoms with Crippen molar-refractivity contribution in [2.45, 2.75) is 52.0 Å². The van der Waals surface area contributed by atoms with Crippen LogP contribution in [0.3, 0.4) is 0 Å². The Kier molecular flexibility index (Phi) is 8.70. The first-order valence-corrected chi connectivity index (χ1v) is 13.4. The van der Waals surface area contributed by atoms with Crippen molar-refractivity contribution in [2.24, 2.45) is 5.92 Å². The molecule has 2 aromatic carbocycles. The third-order valence-corrected chi connectivity index (χ3v) is 7.82. The molecule has 0 atom stereocenters. The number of aryl methyl sites for hydroxylation is 3. The first kappa shape index (κ1) is 26.2. The summed E-state index contributed by atoms with van der Waals surface area (Å²) < 4.78 is 15.2. The maximum absolute atomic E-state index is 13.4. The van der Waals surface area contributed by atoms with E-state index >= 15 is 0 Å². The molecule has 1 aliphatic rings. The predicted molar refractivity (Wildman–Crippen MR) is 150 cm³/mol. The number of allylic oxidation sites excluding steroid dienone is 2. The zero-order chi connectivity index (χ0) is 25.7. The lowest BCUT2D eigenvalue weighted by molar-refractivity contribution is 0.177. The van der Waals surface area contributed by atoms with E-state index in [2.05, 4.69) is 73.0 Å². The fourth-order valence-corrected chi connectivity index (χ4v) is 5.17. The second kappa shape index (κ2) is 11.9. The third-order valence-electron chi connectivity index (χ3n) is 7.26. The summed E-state index contributed by atoms with van der Waals surface area (Å²) in [5.74, 6) is 1.40. The lowest BCUT2D eigenvalue weighted by Crippen LogP contribution is -2.37. The van der Waals surface area contributed by atoms with Crippen LogP contribution >= 0.6 is 12.1 Å². The minimum atomic E-state index is 0.234. The van der Waals surface area contributed by atoms with Crippen molar-refractivity contribution in [2.75, 3.05) is 19.6 Å². The minimum absolute atomic E-state index is 0.234. The molecule has 1 N–H and O–H groups in total. The van der Waals surface area contributed by atoms with Crippen molar-refractivity contribution < 1.29 is 3.89 Å². The molecule has 1 aliphatic heterocycles. The Balaban J connectivity index is 1.43. The molecule has 2 heterocycles. The molecule has 0 saturated carbocycles. The van der Waals surface area contributed by atoms with Gasteiger partial charge in [0, 0.05) is 13.1 Å². The van der Waals surface area contributed by atoms with Crippen LogP contribution in [0.4, 0.5) is 3.89 Å². The van der Waals surface area contributed by atoms with Crippen LogP contribution in [-0.4, -0.2) is 34.3 Å². The fraction of sp³-hybridized carbons (Fsp3) is 0.367. The summed E-state index contributed by atoms with van der Waals surface area (Å²) in [7, 11) is 0. The van der Waals surface area contributed by atoms with Crippen LogP contribution in [0.2, 0.25) is 0 Å². The van der Waals surface area contributed by atoms with Gasteiger partial charge in [0.05, 0.1) is 28.9 Å². The van der Waals surface area contributed by atoms with Crippen molar-refractivity contribution in [3.05, 3.63) is 94.8 Å². The van der Waals surface area contributed by atoms with Crippen molar-refractivity contribution in [3.63, 3.8) is 0 Å². The summed E-state index contributed by atoms with van der Waals surface area (Å²) in [6, 6.07) is 15.0. The maximum Gasteiger partial charge on any atom is 0.128 e. The number of rotatable bonds is 9. The Labute approximate surface area is 219 Å². The molecule has 4 nitrogen and oxygen atoms in total. The normalized spacial score (nSPS) is 15.3. The largest absolute Gasteiger partial charge is 0.370 e. The maximum atomic E-state index is 13.4. The number of benzene rings is 2. The molecule has 4 rings (SSSR count). The second-order valence-electron chi connectivity index (χ2n) is 9.98. The van der Waals surface area contributed by atoms with Crippen molar-refractivity contribution >= 4 is 23.5 Å². The van der Waals surface area contributed by atoms with Crippen LogP contribution in [0, 0.1) is 33.6 Å². The third kappa shape index (κ3) is 6.29. The average molecular weight is 505 g/mol. The number of nitrogens with zero attached hydrogens (tertiary/aromatic N) is 3. The molecule has 190 valence electrons. The standard InChI is InChI=1S/C30H37FN4S/c1-21-10-11-22(2)27(16-21)20-34-14-12-26(13-15-34)18-32-30(35-25(5)29(36-31)19-33-35)17-24(4)28-9-7-6-8-23(28)3/h6-11,16-17,19,26,32H,4,12-15,18,20H2,1-3,5H3/b30-17-. The van der Waals surface area contributed by atoms with Crippen LogP contribution in [0.5, 0.6) is 0 Å². The topological polar surface area (TPSA) is 33.1 Å². The highest BCUT2D eigenvalue weighted by Crippen LogP contribution is 2.27. The number of piperidine rings is 1. The number of nitrogens with one attached hydrogen (secondary N) is 1. The Bertz CT molecular complexity index is 1240. The van der Waals surface area contributed by atoms with Crippen molar-refractivity contribution in [1.29, 1.82) is 0 Å². The van der Waals surface area contributed by atoms with Crippen LogP contribution < -0.4 is 5.32 Å². The summed E-state index contributed by atoms with van der Waals surface area (Å²) in [5.41, 5.74) is 8.08. The van der Waals surface area contributed by atoms with Gasteiger partial charge < -0.3 is 5.32 Å². The first-order chi connectivity index (χ1) is 17.4. The van der Waals surface area contributed by atoms with Gasteiger partial charge in [-0.15, -0.1) is 0 Å². The molecule has 0 bridgehead atoms. The zero-order valence-electron chi connectivity index (χ0n) is 21.9. The van der Waals surface area contributed by atoms with Crippen LogP contribution in [0.15, 0.2) is 66.2 Å². The van der Waals surface area contributed by atoms with Gasteiger partial charge in [-0.3, -0.25) is 4.90 Å². The van der Waals surface area contributed by atoms with Gasteiger partial charge in [0.1, 0.15) is 5.82 Å². The molecule has 3 aromatic rings. The quantitative estimate of drug-likeness (QED) is 0.315. The predicted octanol–water partition coefficient (Wildman–Crippen LogP) is 7.11. The van der Waals surface area contributed by atoms with Gasteiger partial charge in [-0.2, -0.15) is 8.98 Å². The minimum Gasteiger partial charge on any atom is -0.370 e. The van der Waals surface area contributed by atoms with E-state index in [9.17, 15) is 3.89 Å². The van der Waals surface area contributed by atoms with E-state index < -0.39 is 0 Å². The van der Waals surface area contributed by atoms with E-state index in [0.29, 0.717) is 10.8 Å². The molecule has 6 heteroatoms. The molecule has 0 aliphatic carbocycles. The van der Waals surface area contributed by atoms with Gasteiger partial charge in [0.2, 0.25) is 0 Å². The van der Waals surface area contributed by atoms with Crippen LogP contribution in [-0.2, 0) is 6.54 Å². The molecule has 1 aromatic heterocycles. The van der Waals surface area contributed by atoms with Gasteiger partial charge in [-0.05, 0) is 93.4 Å². The Morgan fingerprint density at radius 3 is 2.56 bits per heavy atom. The monoisotopic (exact) mass is 504 g/mol. The summed E-state index contributed by atoms with van der Waals surface area (Å²) in [4.78, 5) is 3.10. The molecule has 36 heavy (non-hydrogen) atoms. The van der Waals surface area contributed by atoms with E-state index in [1.165, 1.54) is 22.3 Å². The van der Waals surface area contributed by atoms with E-state index in [1.54, 1.807) is 10.9 Å². The van der Waals surface area contributed by atoms with Gasteiger partial charge in [0.25, 0.3) is 0 Å². The molecular weight excluding hydrogens is 467 g/mol. The van der Waals surface area contributed by atoms with Crippen LogP contribution in [0.1, 0.15) is 46.4 Å². The van der Waals surface area contributed by atoms with Gasteiger partial charge >= 0.3 is 0 Å². The molecular formula is C30H37FN4S. The number of hydrogen-bond acceptors (Lipinski definition) is 4. The Morgan fingerprint density at radius 2 is 1.86 bits per heavy atom. The molecule has 0 amide bonds. The number of aromatic nitrogens is 2. The van der Waals surface area contributed by atoms with E-state index in [1.807, 2.05) is 25.1 Å². The van der Waals surface area contributed by atoms with Crippen molar-refractivity contribution in [3.8, 4) is 0 Å². The van der Waals surface area contributed by atoms with E-state index in [0.717, 1.165) is 61.7 Å². The molecule has 1 saturated heterocycles. The SMILES string of the molecule is C=C(/C=C(/NCC1CCN(Cc2cc(C)ccc2C)CC1)n1ncc(SF)c1C)c1ccccc1C. The first-order valence-electron chi connectivity index (χ1n) is 12.7. The Hall–Kier alpha value is -2.83. The second-order valence-corrected chi connectivity index (χ2v) is 10.6. The van der Waals surface area contributed by atoms with Crippen molar-refractivity contribution in [1.82, 2.24) is 20.0 Å². The molecule has 0 spiro atoms. The summed E-state index contributed by atoms with van der Waals surface area (Å²) >= 11 is 0.234. The summed E-state index contributed by atoms with van der Waals surface area (Å²) in [6.45, 7) is 16.7. The van der Waals surface area contributed by atoms with Gasteiger partial charge in [0.15, 0.2) is 0 Å². The fourth-order valence-electron chi connectivity index (χ4n) is 4.89. The summed E-state index contributed by atoms with van der Waals surface area (Å²) in [5, 5.41) is 8.11. The molecule has 0 unspecified atom stereocenters. The highest BCUT2D eigenvalue weighted by molar-refractivity contribution is 7.94. The lowest BCUT2D eigenvalue weighted by atomic mass is 9.95. The zero-order valence-corrected chi connectivity index (χ0v) is 22.7. The molecule has 0 radical (unpaired) electrons. The van der Waals surface area contributed by atoms with E-state index in [-0.39, 0.29) is 12.1 Å². The Morgan fingerprint density at radius 1 is 1.11 bits per heavy atom. The van der Waals surface area contributed by atoms with E-state index in [4.69, 9.17) is 0 Å². The summed E-state index contributed by atoms with van der Waals surface area (Å²) in [6.07, 6.45) is 5.91. The smallest absolute Gasteiger partial charge is 0.128 e.